The van der Waals surface area contributed by atoms with Gasteiger partial charge in [0.15, 0.2) is 0 Å². The Morgan fingerprint density at radius 1 is 1.09 bits per heavy atom. The smallest absolute Gasteiger partial charge is 0.407 e. The van der Waals surface area contributed by atoms with Gasteiger partial charge in [-0.25, -0.2) is 4.79 Å². The SMILES string of the molecule is CC(C)(C)OC(=O)NCCNC(=O)CCc1ccc(Cl)cc1. The number of benzene rings is 1. The van der Waals surface area contributed by atoms with Gasteiger partial charge in [0, 0.05) is 24.5 Å². The molecule has 2 N–H and O–H groups in total. The number of carbonyl (C=O) groups is 2. The molecular formula is C16H23ClN2O3. The Hall–Kier alpha value is -1.75. The number of nitrogens with one attached hydrogen (secondary N) is 2. The van der Waals surface area contributed by atoms with Gasteiger partial charge in [0.1, 0.15) is 5.60 Å². The monoisotopic (exact) mass is 326 g/mol. The first-order valence-corrected chi connectivity index (χ1v) is 7.62. The second-order valence-electron chi connectivity index (χ2n) is 5.91. The van der Waals surface area contributed by atoms with Crippen molar-refractivity contribution < 1.29 is 14.3 Å². The van der Waals surface area contributed by atoms with E-state index in [1.807, 2.05) is 12.1 Å². The van der Waals surface area contributed by atoms with Crippen LogP contribution < -0.4 is 10.6 Å². The third-order valence-corrected chi connectivity index (χ3v) is 2.92. The van der Waals surface area contributed by atoms with E-state index in [0.717, 1.165) is 5.56 Å². The van der Waals surface area contributed by atoms with Gasteiger partial charge in [-0.3, -0.25) is 4.79 Å². The lowest BCUT2D eigenvalue weighted by Gasteiger charge is -2.19. The van der Waals surface area contributed by atoms with Gasteiger partial charge in [0.25, 0.3) is 0 Å². The highest BCUT2D eigenvalue weighted by Gasteiger charge is 2.15. The highest BCUT2D eigenvalue weighted by atomic mass is 35.5. The number of ether oxygens (including phenoxy) is 1. The van der Waals surface area contributed by atoms with Crippen molar-refractivity contribution in [3.8, 4) is 0 Å². The molecule has 0 aromatic heterocycles. The zero-order valence-corrected chi connectivity index (χ0v) is 14.0. The van der Waals surface area contributed by atoms with Crippen LogP contribution in [0.3, 0.4) is 0 Å². The van der Waals surface area contributed by atoms with Crippen LogP contribution in [-0.4, -0.2) is 30.7 Å². The van der Waals surface area contributed by atoms with Crippen LogP contribution in [0.1, 0.15) is 32.8 Å². The van der Waals surface area contributed by atoms with Crippen LogP contribution in [0.4, 0.5) is 4.79 Å². The van der Waals surface area contributed by atoms with E-state index in [1.165, 1.54) is 0 Å². The van der Waals surface area contributed by atoms with Crippen molar-refractivity contribution in [2.75, 3.05) is 13.1 Å². The average molecular weight is 327 g/mol. The number of rotatable bonds is 6. The van der Waals surface area contributed by atoms with E-state index in [4.69, 9.17) is 16.3 Å². The molecule has 1 rings (SSSR count). The predicted molar refractivity (Wildman–Crippen MR) is 87.0 cm³/mol. The molecule has 0 aliphatic carbocycles. The Balaban J connectivity index is 2.13. The van der Waals surface area contributed by atoms with Crippen LogP contribution in [-0.2, 0) is 16.0 Å². The summed E-state index contributed by atoms with van der Waals surface area (Å²) in [6.07, 6.45) is 0.569. The van der Waals surface area contributed by atoms with Gasteiger partial charge in [-0.15, -0.1) is 0 Å². The van der Waals surface area contributed by atoms with E-state index in [0.29, 0.717) is 31.0 Å². The van der Waals surface area contributed by atoms with Gasteiger partial charge in [-0.2, -0.15) is 0 Å². The summed E-state index contributed by atoms with van der Waals surface area (Å²) in [5.74, 6) is -0.0547. The average Bonchev–Trinajstić information content (AvgIpc) is 2.41. The van der Waals surface area contributed by atoms with Gasteiger partial charge >= 0.3 is 6.09 Å². The second-order valence-corrected chi connectivity index (χ2v) is 6.34. The number of hydrogen-bond acceptors (Lipinski definition) is 3. The van der Waals surface area contributed by atoms with Crippen molar-refractivity contribution in [2.45, 2.75) is 39.2 Å². The molecule has 0 bridgehead atoms. The summed E-state index contributed by atoms with van der Waals surface area (Å²) in [4.78, 5) is 23.1. The molecule has 0 heterocycles. The van der Waals surface area contributed by atoms with Gasteiger partial charge in [-0.05, 0) is 44.9 Å². The fraction of sp³-hybridized carbons (Fsp3) is 0.500. The van der Waals surface area contributed by atoms with E-state index in [-0.39, 0.29) is 5.91 Å². The number of halogens is 1. The van der Waals surface area contributed by atoms with Crippen molar-refractivity contribution in [3.63, 3.8) is 0 Å². The Kier molecular flexibility index (Phi) is 7.18. The van der Waals surface area contributed by atoms with Crippen LogP contribution in [0.2, 0.25) is 5.02 Å². The van der Waals surface area contributed by atoms with E-state index in [2.05, 4.69) is 10.6 Å². The van der Waals surface area contributed by atoms with Gasteiger partial charge < -0.3 is 15.4 Å². The lowest BCUT2D eigenvalue weighted by atomic mass is 10.1. The highest BCUT2D eigenvalue weighted by Crippen LogP contribution is 2.10. The molecule has 1 aromatic carbocycles. The standard InChI is InChI=1S/C16H23ClN2O3/c1-16(2,3)22-15(21)19-11-10-18-14(20)9-6-12-4-7-13(17)8-5-12/h4-5,7-8H,6,9-11H2,1-3H3,(H,18,20)(H,19,21). The number of carbonyl (C=O) groups excluding carboxylic acids is 2. The number of alkyl carbamates (subject to hydrolysis) is 1. The van der Waals surface area contributed by atoms with Crippen molar-refractivity contribution in [2.24, 2.45) is 0 Å². The molecule has 0 unspecified atom stereocenters. The summed E-state index contributed by atoms with van der Waals surface area (Å²) < 4.78 is 5.09. The minimum absolute atomic E-state index is 0.0547. The first-order chi connectivity index (χ1) is 10.3. The lowest BCUT2D eigenvalue weighted by molar-refractivity contribution is -0.121. The molecule has 0 radical (unpaired) electrons. The van der Waals surface area contributed by atoms with E-state index < -0.39 is 11.7 Å². The second kappa shape index (κ2) is 8.63. The fourth-order valence-electron chi connectivity index (χ4n) is 1.68. The van der Waals surface area contributed by atoms with Gasteiger partial charge in [0.05, 0.1) is 0 Å². The van der Waals surface area contributed by atoms with E-state index >= 15 is 0 Å². The predicted octanol–water partition coefficient (Wildman–Crippen LogP) is 2.91. The van der Waals surface area contributed by atoms with Crippen LogP contribution in [0.25, 0.3) is 0 Å². The molecule has 5 nitrogen and oxygen atoms in total. The maximum atomic E-state index is 11.7. The molecule has 0 saturated carbocycles. The summed E-state index contributed by atoms with van der Waals surface area (Å²) in [5, 5.41) is 6.01. The Morgan fingerprint density at radius 3 is 2.27 bits per heavy atom. The number of hydrogen-bond donors (Lipinski definition) is 2. The van der Waals surface area contributed by atoms with E-state index in [9.17, 15) is 9.59 Å². The van der Waals surface area contributed by atoms with Crippen molar-refractivity contribution in [3.05, 3.63) is 34.9 Å². The minimum Gasteiger partial charge on any atom is -0.444 e. The molecule has 0 saturated heterocycles. The molecule has 2 amide bonds. The maximum Gasteiger partial charge on any atom is 0.407 e. The molecule has 6 heteroatoms. The normalized spacial score (nSPS) is 10.9. The highest BCUT2D eigenvalue weighted by molar-refractivity contribution is 6.30. The van der Waals surface area contributed by atoms with Crippen LogP contribution in [0.15, 0.2) is 24.3 Å². The van der Waals surface area contributed by atoms with Crippen molar-refractivity contribution >= 4 is 23.6 Å². The largest absolute Gasteiger partial charge is 0.444 e. The third kappa shape index (κ3) is 8.52. The van der Waals surface area contributed by atoms with Crippen LogP contribution in [0, 0.1) is 0 Å². The molecule has 0 aliphatic rings. The Bertz CT molecular complexity index is 495. The van der Waals surface area contributed by atoms with Crippen LogP contribution >= 0.6 is 11.6 Å². The first kappa shape index (κ1) is 18.3. The Morgan fingerprint density at radius 2 is 1.68 bits per heavy atom. The Labute approximate surface area is 136 Å². The summed E-state index contributed by atoms with van der Waals surface area (Å²) in [6, 6.07) is 7.42. The maximum absolute atomic E-state index is 11.7. The van der Waals surface area contributed by atoms with Gasteiger partial charge in [-0.1, -0.05) is 23.7 Å². The molecule has 122 valence electrons. The molecule has 0 spiro atoms. The minimum atomic E-state index is -0.522. The summed E-state index contributed by atoms with van der Waals surface area (Å²) in [5.41, 5.74) is 0.540. The zero-order valence-electron chi connectivity index (χ0n) is 13.2. The third-order valence-electron chi connectivity index (χ3n) is 2.67. The molecule has 22 heavy (non-hydrogen) atoms. The fourth-order valence-corrected chi connectivity index (χ4v) is 1.80. The summed E-state index contributed by atoms with van der Waals surface area (Å²) >= 11 is 5.80. The molecular weight excluding hydrogens is 304 g/mol. The molecule has 1 aromatic rings. The zero-order chi connectivity index (χ0) is 16.6. The summed E-state index contributed by atoms with van der Waals surface area (Å²) in [7, 11) is 0. The molecule has 0 fully saturated rings. The summed E-state index contributed by atoms with van der Waals surface area (Å²) in [6.45, 7) is 6.10. The van der Waals surface area contributed by atoms with Crippen LogP contribution in [0.5, 0.6) is 0 Å². The topological polar surface area (TPSA) is 67.4 Å². The van der Waals surface area contributed by atoms with Gasteiger partial charge in [0.2, 0.25) is 5.91 Å². The molecule has 0 atom stereocenters. The van der Waals surface area contributed by atoms with E-state index in [1.54, 1.807) is 32.9 Å². The van der Waals surface area contributed by atoms with Crippen molar-refractivity contribution in [1.29, 1.82) is 0 Å². The number of amides is 2. The lowest BCUT2D eigenvalue weighted by Crippen LogP contribution is -2.37. The number of aryl methyl sites for hydroxylation is 1. The molecule has 0 aliphatic heterocycles. The van der Waals surface area contributed by atoms with Crippen molar-refractivity contribution in [1.82, 2.24) is 10.6 Å². The quantitative estimate of drug-likeness (QED) is 0.790. The first-order valence-electron chi connectivity index (χ1n) is 7.24.